The van der Waals surface area contributed by atoms with Crippen molar-refractivity contribution in [2.45, 2.75) is 32.9 Å². The van der Waals surface area contributed by atoms with Gasteiger partial charge in [0.25, 0.3) is 0 Å². The van der Waals surface area contributed by atoms with Crippen LogP contribution >= 0.6 is 0 Å². The number of rotatable bonds is 5. The molecule has 0 aliphatic rings. The Bertz CT molecular complexity index is 337. The maximum absolute atomic E-state index is 5.89. The van der Waals surface area contributed by atoms with Crippen molar-refractivity contribution < 1.29 is 9.47 Å². The summed E-state index contributed by atoms with van der Waals surface area (Å²) in [6, 6.07) is 6.06. The molecule has 1 rings (SSSR count). The van der Waals surface area contributed by atoms with E-state index in [9.17, 15) is 0 Å². The highest BCUT2D eigenvalue weighted by molar-refractivity contribution is 5.38. The quantitative estimate of drug-likeness (QED) is 0.833. The molecule has 1 aromatic rings. The summed E-state index contributed by atoms with van der Waals surface area (Å²) in [5.41, 5.74) is 8.10. The summed E-state index contributed by atoms with van der Waals surface area (Å²) in [6.07, 6.45) is 0.0847. The van der Waals surface area contributed by atoms with Gasteiger partial charge in [-0.25, -0.2) is 0 Å². The van der Waals surface area contributed by atoms with Gasteiger partial charge in [0.2, 0.25) is 0 Å². The first-order valence-electron chi connectivity index (χ1n) is 5.56. The van der Waals surface area contributed by atoms with Gasteiger partial charge in [-0.3, -0.25) is 0 Å². The van der Waals surface area contributed by atoms with E-state index in [-0.39, 0.29) is 12.1 Å². The van der Waals surface area contributed by atoms with Gasteiger partial charge in [0.05, 0.1) is 6.10 Å². The maximum Gasteiger partial charge on any atom is 0.124 e. The lowest BCUT2D eigenvalue weighted by atomic mass is 10.1. The Morgan fingerprint density at radius 3 is 2.56 bits per heavy atom. The van der Waals surface area contributed by atoms with Crippen LogP contribution in [-0.4, -0.2) is 19.8 Å². The van der Waals surface area contributed by atoms with Crippen LogP contribution in [-0.2, 0) is 4.74 Å². The Balaban J connectivity index is 2.80. The number of hydrogen-bond acceptors (Lipinski definition) is 3. The normalized spacial score (nSPS) is 14.6. The Kier molecular flexibility index (Phi) is 4.77. The minimum Gasteiger partial charge on any atom is -0.491 e. The molecule has 90 valence electrons. The lowest BCUT2D eigenvalue weighted by molar-refractivity contribution is 0.0712. The Morgan fingerprint density at radius 2 is 2.00 bits per heavy atom. The zero-order valence-corrected chi connectivity index (χ0v) is 10.5. The van der Waals surface area contributed by atoms with Crippen LogP contribution in [0.5, 0.6) is 5.75 Å². The Hall–Kier alpha value is -1.06. The molecule has 0 aliphatic carbocycles. The average Bonchev–Trinajstić information content (AvgIpc) is 2.25. The van der Waals surface area contributed by atoms with Crippen LogP contribution < -0.4 is 10.5 Å². The van der Waals surface area contributed by atoms with E-state index in [1.54, 1.807) is 7.11 Å². The van der Waals surface area contributed by atoms with Gasteiger partial charge < -0.3 is 15.2 Å². The molecule has 2 atom stereocenters. The minimum absolute atomic E-state index is 0.0200. The number of hydrogen-bond donors (Lipinski definition) is 1. The molecule has 0 radical (unpaired) electrons. The van der Waals surface area contributed by atoms with Crippen molar-refractivity contribution in [3.8, 4) is 5.75 Å². The van der Waals surface area contributed by atoms with Crippen molar-refractivity contribution >= 4 is 0 Å². The summed E-state index contributed by atoms with van der Waals surface area (Å²) in [5.74, 6) is 0.860. The molecule has 0 saturated carbocycles. The lowest BCUT2D eigenvalue weighted by Crippen LogP contribution is -2.17. The van der Waals surface area contributed by atoms with Crippen LogP contribution in [0.25, 0.3) is 0 Å². The molecule has 0 bridgehead atoms. The number of benzene rings is 1. The monoisotopic (exact) mass is 223 g/mol. The van der Waals surface area contributed by atoms with E-state index in [2.05, 4.69) is 0 Å². The summed E-state index contributed by atoms with van der Waals surface area (Å²) in [6.45, 7) is 6.51. The molecular weight excluding hydrogens is 202 g/mol. The van der Waals surface area contributed by atoms with Gasteiger partial charge in [-0.05, 0) is 32.4 Å². The van der Waals surface area contributed by atoms with Crippen LogP contribution in [0.4, 0.5) is 0 Å². The standard InChI is InChI=1S/C13H21NO2/c1-9-5-6-12(11(3)14)13(7-9)16-8-10(2)15-4/h5-7,10-11H,8,14H2,1-4H3/t10?,11-/m0/s1. The fraction of sp³-hybridized carbons (Fsp3) is 0.538. The SMILES string of the molecule is COC(C)COc1cc(C)ccc1[C@H](C)N. The van der Waals surface area contributed by atoms with Gasteiger partial charge in [-0.1, -0.05) is 12.1 Å². The minimum atomic E-state index is -0.0200. The summed E-state index contributed by atoms with van der Waals surface area (Å²) in [7, 11) is 1.68. The van der Waals surface area contributed by atoms with Crippen LogP contribution in [0.1, 0.15) is 31.0 Å². The molecule has 2 N–H and O–H groups in total. The molecule has 1 aromatic carbocycles. The Labute approximate surface area is 97.6 Å². The lowest BCUT2D eigenvalue weighted by Gasteiger charge is -2.17. The molecule has 16 heavy (non-hydrogen) atoms. The predicted molar refractivity (Wildman–Crippen MR) is 65.7 cm³/mol. The van der Waals surface area contributed by atoms with Gasteiger partial charge in [0.1, 0.15) is 12.4 Å². The highest BCUT2D eigenvalue weighted by Gasteiger charge is 2.09. The molecule has 0 fully saturated rings. The number of methoxy groups -OCH3 is 1. The molecule has 0 aromatic heterocycles. The van der Waals surface area contributed by atoms with Crippen molar-refractivity contribution in [2.24, 2.45) is 5.73 Å². The van der Waals surface area contributed by atoms with Crippen molar-refractivity contribution in [3.05, 3.63) is 29.3 Å². The highest BCUT2D eigenvalue weighted by atomic mass is 16.5. The highest BCUT2D eigenvalue weighted by Crippen LogP contribution is 2.25. The van der Waals surface area contributed by atoms with Crippen LogP contribution in [0.2, 0.25) is 0 Å². The molecule has 3 heteroatoms. The van der Waals surface area contributed by atoms with Crippen LogP contribution in [0.3, 0.4) is 0 Å². The molecule has 3 nitrogen and oxygen atoms in total. The topological polar surface area (TPSA) is 44.5 Å². The van der Waals surface area contributed by atoms with Gasteiger partial charge in [-0.2, -0.15) is 0 Å². The number of ether oxygens (including phenoxy) is 2. The molecule has 1 unspecified atom stereocenters. The average molecular weight is 223 g/mol. The third kappa shape index (κ3) is 3.51. The van der Waals surface area contributed by atoms with Crippen LogP contribution in [0.15, 0.2) is 18.2 Å². The van der Waals surface area contributed by atoms with Crippen molar-refractivity contribution in [1.29, 1.82) is 0 Å². The molecule has 0 saturated heterocycles. The molecular formula is C13H21NO2. The maximum atomic E-state index is 5.89. The number of aryl methyl sites for hydroxylation is 1. The van der Waals surface area contributed by atoms with E-state index in [1.165, 1.54) is 5.56 Å². The van der Waals surface area contributed by atoms with Gasteiger partial charge in [-0.15, -0.1) is 0 Å². The third-order valence-electron chi connectivity index (χ3n) is 2.54. The third-order valence-corrected chi connectivity index (χ3v) is 2.54. The Morgan fingerprint density at radius 1 is 1.31 bits per heavy atom. The van der Waals surface area contributed by atoms with Crippen molar-refractivity contribution in [3.63, 3.8) is 0 Å². The van der Waals surface area contributed by atoms with Crippen molar-refractivity contribution in [1.82, 2.24) is 0 Å². The van der Waals surface area contributed by atoms with E-state index in [0.29, 0.717) is 6.61 Å². The zero-order valence-electron chi connectivity index (χ0n) is 10.5. The van der Waals surface area contributed by atoms with E-state index >= 15 is 0 Å². The second-order valence-corrected chi connectivity index (χ2v) is 4.19. The first-order valence-corrected chi connectivity index (χ1v) is 5.56. The summed E-state index contributed by atoms with van der Waals surface area (Å²) in [4.78, 5) is 0. The smallest absolute Gasteiger partial charge is 0.124 e. The molecule has 0 aliphatic heterocycles. The van der Waals surface area contributed by atoms with E-state index in [4.69, 9.17) is 15.2 Å². The van der Waals surface area contributed by atoms with Gasteiger partial charge >= 0.3 is 0 Å². The molecule has 0 amide bonds. The van der Waals surface area contributed by atoms with Gasteiger partial charge in [0.15, 0.2) is 0 Å². The molecule has 0 heterocycles. The fourth-order valence-electron chi connectivity index (χ4n) is 1.42. The van der Waals surface area contributed by atoms with Gasteiger partial charge in [0, 0.05) is 18.7 Å². The second kappa shape index (κ2) is 5.87. The van der Waals surface area contributed by atoms with E-state index < -0.39 is 0 Å². The summed E-state index contributed by atoms with van der Waals surface area (Å²) >= 11 is 0. The first kappa shape index (κ1) is 13.0. The van der Waals surface area contributed by atoms with Crippen LogP contribution in [0, 0.1) is 6.92 Å². The van der Waals surface area contributed by atoms with E-state index in [0.717, 1.165) is 11.3 Å². The first-order chi connectivity index (χ1) is 7.54. The van der Waals surface area contributed by atoms with E-state index in [1.807, 2.05) is 39.0 Å². The summed E-state index contributed by atoms with van der Waals surface area (Å²) < 4.78 is 10.9. The molecule has 0 spiro atoms. The summed E-state index contributed by atoms with van der Waals surface area (Å²) in [5, 5.41) is 0. The largest absolute Gasteiger partial charge is 0.491 e. The van der Waals surface area contributed by atoms with Crippen molar-refractivity contribution in [2.75, 3.05) is 13.7 Å². The predicted octanol–water partition coefficient (Wildman–Crippen LogP) is 2.43. The number of nitrogens with two attached hydrogens (primary N) is 1. The second-order valence-electron chi connectivity index (χ2n) is 4.19. The zero-order chi connectivity index (χ0) is 12.1. The fourth-order valence-corrected chi connectivity index (χ4v) is 1.42.